The van der Waals surface area contributed by atoms with Gasteiger partial charge in [0.15, 0.2) is 11.6 Å². The summed E-state index contributed by atoms with van der Waals surface area (Å²) in [7, 11) is 3.58. The van der Waals surface area contributed by atoms with E-state index in [2.05, 4.69) is 169 Å². The molecule has 4 aromatic rings. The molecule has 2 atom stereocenters. The zero-order chi connectivity index (χ0) is 54.4. The fourth-order valence-electron chi connectivity index (χ4n) is 6.44. The van der Waals surface area contributed by atoms with Crippen molar-refractivity contribution in [3.8, 4) is 154 Å². The molecule has 2 aliphatic heterocycles. The standard InChI is InChI=1S/C28H6.C19H24N4O4.C14H16N4O2.CH4.ClH/c1-3-5-7-9-11-13-15-17-19-21-23-25-27-28-26-24-22-20-18-16-14-12-10-8-6-4-2;1-19(2,3)27-18(25)20-14-11-13-15(10-12-8-6-5-7-9-12)22(4)21-16(13)23(26)17(14)24;1-17-12(7-9-5-3-2-4-6-9)10-8-11(15)14(19)18(20)13(10)16-17;;/h1-2H3;5-9,14,26H,10-11H2,1-4H3,(H,20,25);2-6,11,20H,7-8,15H2,1H3;1H4;1H/t;14-;11-;;/m.00../s1. The fraction of sp³-hybridized carbons (Fsp3) is 0.242. The molecule has 0 aliphatic carbocycles. The van der Waals surface area contributed by atoms with Crippen LogP contribution in [0.2, 0.25) is 0 Å². The molecule has 0 saturated heterocycles. The lowest BCUT2D eigenvalue weighted by molar-refractivity contribution is -0.126. The van der Waals surface area contributed by atoms with Gasteiger partial charge < -0.3 is 15.8 Å². The third-order valence-corrected chi connectivity index (χ3v) is 9.58. The first-order valence-corrected chi connectivity index (χ1v) is 22.5. The minimum absolute atomic E-state index is 0. The van der Waals surface area contributed by atoms with Gasteiger partial charge in [-0.1, -0.05) is 79.9 Å². The predicted molar refractivity (Wildman–Crippen MR) is 298 cm³/mol. The first-order chi connectivity index (χ1) is 36.1. The summed E-state index contributed by atoms with van der Waals surface area (Å²) < 4.78 is 8.58. The number of ether oxygens (including phenoxy) is 1. The Morgan fingerprint density at radius 3 is 1.22 bits per heavy atom. The molecule has 0 saturated carbocycles. The summed E-state index contributed by atoms with van der Waals surface area (Å²) in [5.41, 5.74) is 10.7. The summed E-state index contributed by atoms with van der Waals surface area (Å²) in [5, 5.41) is 32.2. The van der Waals surface area contributed by atoms with Gasteiger partial charge in [-0.05, 0) is 140 Å². The number of carbonyl (C=O) groups is 3. The summed E-state index contributed by atoms with van der Waals surface area (Å²) >= 11 is 0. The maximum absolute atomic E-state index is 12.4. The number of benzene rings is 2. The van der Waals surface area contributed by atoms with Gasteiger partial charge in [0.2, 0.25) is 0 Å². The molecule has 4 heterocycles. The van der Waals surface area contributed by atoms with E-state index >= 15 is 0 Å². The van der Waals surface area contributed by atoms with Gasteiger partial charge >= 0.3 is 6.09 Å². The highest BCUT2D eigenvalue weighted by Crippen LogP contribution is 2.31. The number of rotatable bonds is 5. The van der Waals surface area contributed by atoms with Crippen LogP contribution < -0.4 is 21.2 Å². The average molecular weight is 1040 g/mol. The average Bonchev–Trinajstić information content (AvgIpc) is 3.88. The third kappa shape index (κ3) is 21.3. The minimum Gasteiger partial charge on any atom is -0.444 e. The number of hydroxylamine groups is 2. The number of fused-ring (bicyclic) bond motifs is 2. The highest BCUT2D eigenvalue weighted by atomic mass is 35.5. The van der Waals surface area contributed by atoms with Crippen molar-refractivity contribution < 1.29 is 29.5 Å². The highest BCUT2D eigenvalue weighted by Gasteiger charge is 2.39. The van der Waals surface area contributed by atoms with E-state index in [4.69, 9.17) is 10.5 Å². The number of aromatic nitrogens is 4. The van der Waals surface area contributed by atoms with Crippen molar-refractivity contribution in [2.24, 2.45) is 19.8 Å². The quantitative estimate of drug-likeness (QED) is 0.159. The second kappa shape index (κ2) is 33.3. The second-order valence-electron chi connectivity index (χ2n) is 16.1. The molecule has 0 fully saturated rings. The molecule has 2 aliphatic rings. The molecule has 15 heteroatoms. The molecular formula is C62H51ClN8O6. The number of carbonyl (C=O) groups excluding carboxylic acids is 3. The van der Waals surface area contributed by atoms with E-state index in [9.17, 15) is 24.8 Å². The Bertz CT molecular complexity index is 3580. The Labute approximate surface area is 458 Å². The van der Waals surface area contributed by atoms with E-state index in [1.165, 1.54) is 0 Å². The molecule has 6 rings (SSSR count). The Morgan fingerprint density at radius 1 is 0.584 bits per heavy atom. The van der Waals surface area contributed by atoms with Crippen LogP contribution >= 0.6 is 12.4 Å². The molecule has 382 valence electrons. The number of alkyl carbamates (subject to hydrolysis) is 1. The number of hydrogen-bond acceptors (Lipinski definition) is 9. The van der Waals surface area contributed by atoms with Crippen molar-refractivity contribution in [2.75, 3.05) is 10.1 Å². The Kier molecular flexibility index (Phi) is 27.1. The normalized spacial score (nSPS) is 12.1. The van der Waals surface area contributed by atoms with Crippen LogP contribution in [0.3, 0.4) is 0 Å². The van der Waals surface area contributed by atoms with Crippen LogP contribution in [0.1, 0.15) is 75.7 Å². The number of nitrogens with one attached hydrogen (secondary N) is 1. The highest BCUT2D eigenvalue weighted by molar-refractivity contribution is 5.99. The molecule has 0 spiro atoms. The van der Waals surface area contributed by atoms with Gasteiger partial charge in [0.25, 0.3) is 11.8 Å². The van der Waals surface area contributed by atoms with E-state index in [-0.39, 0.29) is 32.1 Å². The Hall–Kier alpha value is -10.5. The Morgan fingerprint density at radius 2 is 0.896 bits per heavy atom. The number of hydrogen-bond donors (Lipinski definition) is 4. The summed E-state index contributed by atoms with van der Waals surface area (Å²) in [5.74, 6) is 65.0. The maximum atomic E-state index is 12.4. The van der Waals surface area contributed by atoms with Gasteiger partial charge in [-0.25, -0.2) is 4.79 Å². The van der Waals surface area contributed by atoms with Crippen LogP contribution in [0.4, 0.5) is 16.4 Å². The molecule has 0 radical (unpaired) electrons. The van der Waals surface area contributed by atoms with Crippen LogP contribution in [0, 0.1) is 154 Å². The van der Waals surface area contributed by atoms with E-state index < -0.39 is 35.6 Å². The number of aryl methyl sites for hydroxylation is 2. The number of amides is 3. The first kappa shape index (κ1) is 62.6. The summed E-state index contributed by atoms with van der Waals surface area (Å²) in [6.07, 6.45) is 1.22. The van der Waals surface area contributed by atoms with Gasteiger partial charge in [0, 0.05) is 110 Å². The summed E-state index contributed by atoms with van der Waals surface area (Å²) in [6, 6.07) is 18.2. The van der Waals surface area contributed by atoms with Crippen LogP contribution in [0.5, 0.6) is 0 Å². The fourth-order valence-corrected chi connectivity index (χ4v) is 6.44. The first-order valence-electron chi connectivity index (χ1n) is 22.5. The van der Waals surface area contributed by atoms with Gasteiger partial charge in [0.05, 0.1) is 6.04 Å². The molecule has 3 amide bonds. The lowest BCUT2D eigenvalue weighted by Crippen LogP contribution is -2.52. The smallest absolute Gasteiger partial charge is 0.408 e. The maximum Gasteiger partial charge on any atom is 0.408 e. The molecule has 77 heavy (non-hydrogen) atoms. The number of nitrogens with zero attached hydrogens (tertiary/aromatic N) is 6. The summed E-state index contributed by atoms with van der Waals surface area (Å²) in [6.45, 7) is 8.61. The molecular weight excluding hydrogens is 988 g/mol. The monoisotopic (exact) mass is 1040 g/mol. The lowest BCUT2D eigenvalue weighted by Gasteiger charge is -2.28. The topological polar surface area (TPSA) is 181 Å². The Balaban J connectivity index is 0.000000394. The largest absolute Gasteiger partial charge is 0.444 e. The predicted octanol–water partition coefficient (Wildman–Crippen LogP) is 4.93. The minimum atomic E-state index is -0.920. The molecule has 2 aromatic heterocycles. The number of nitrogens with two attached hydrogens (primary N) is 1. The molecule has 14 nitrogen and oxygen atoms in total. The van der Waals surface area contributed by atoms with Crippen molar-refractivity contribution >= 4 is 42.0 Å². The molecule has 0 bridgehead atoms. The van der Waals surface area contributed by atoms with E-state index in [0.29, 0.717) is 35.2 Å². The van der Waals surface area contributed by atoms with Crippen molar-refractivity contribution in [2.45, 2.75) is 85.4 Å². The zero-order valence-electron chi connectivity index (χ0n) is 42.5. The van der Waals surface area contributed by atoms with Gasteiger partial charge in [-0.3, -0.25) is 29.4 Å². The van der Waals surface area contributed by atoms with Crippen molar-refractivity contribution in [1.29, 1.82) is 0 Å². The van der Waals surface area contributed by atoms with Crippen LogP contribution in [0.15, 0.2) is 60.7 Å². The van der Waals surface area contributed by atoms with Crippen LogP contribution in [0.25, 0.3) is 0 Å². The molecule has 5 N–H and O–H groups in total. The van der Waals surface area contributed by atoms with Gasteiger partial charge in [-0.15, -0.1) is 12.4 Å². The van der Waals surface area contributed by atoms with Crippen molar-refractivity contribution in [1.82, 2.24) is 24.9 Å². The van der Waals surface area contributed by atoms with Crippen molar-refractivity contribution in [3.05, 3.63) is 94.3 Å². The zero-order valence-corrected chi connectivity index (χ0v) is 43.3. The lowest BCUT2D eigenvalue weighted by atomic mass is 9.97. The van der Waals surface area contributed by atoms with Gasteiger partial charge in [-0.2, -0.15) is 20.3 Å². The van der Waals surface area contributed by atoms with E-state index in [0.717, 1.165) is 33.6 Å². The van der Waals surface area contributed by atoms with E-state index in [1.807, 2.05) is 60.7 Å². The van der Waals surface area contributed by atoms with Crippen LogP contribution in [-0.4, -0.2) is 65.6 Å². The van der Waals surface area contributed by atoms with Crippen LogP contribution in [-0.2, 0) is 54.1 Å². The molecule has 2 aromatic carbocycles. The van der Waals surface area contributed by atoms with Gasteiger partial charge in [0.1, 0.15) is 11.6 Å². The number of halogens is 1. The third-order valence-electron chi connectivity index (χ3n) is 9.58. The molecule has 0 unspecified atom stereocenters. The SMILES string of the molecule is C.CC#CC#CC#CC#CC#CC#CC#CC#CC#CC#CC#CC#CC#CC.Cl.Cn1nc2c(c1Cc1ccccc1)C[C@H](N)C(=O)N2O.Cn1nc2c(c1Cc1ccccc1)C[C@H](NC(=O)OC(C)(C)C)C(=O)N2O. The second-order valence-corrected chi connectivity index (χ2v) is 16.1. The van der Waals surface area contributed by atoms with E-state index in [1.54, 1.807) is 58.1 Å². The van der Waals surface area contributed by atoms with Crippen molar-refractivity contribution in [3.63, 3.8) is 0 Å². The number of anilines is 2. The summed E-state index contributed by atoms with van der Waals surface area (Å²) in [4.78, 5) is 36.2.